The molecule has 5 aromatic rings. The van der Waals surface area contributed by atoms with Crippen LogP contribution in [0.1, 0.15) is 44.7 Å². The zero-order valence-corrected chi connectivity index (χ0v) is 30.2. The van der Waals surface area contributed by atoms with Crippen molar-refractivity contribution in [3.63, 3.8) is 0 Å². The number of rotatable bonds is 8. The fraction of sp³-hybridized carbons (Fsp3) is 0.289. The van der Waals surface area contributed by atoms with E-state index >= 15 is 4.39 Å². The number of nitrogens with one attached hydrogen (secondary N) is 1. The van der Waals surface area contributed by atoms with E-state index in [9.17, 15) is 18.5 Å². The maximum Gasteiger partial charge on any atom is 0.410 e. The van der Waals surface area contributed by atoms with Crippen LogP contribution in [0.25, 0.3) is 22.0 Å². The molecule has 1 aliphatic rings. The number of aryl methyl sites for hydroxylation is 1. The number of carbonyl (C=O) groups excluding carboxylic acids is 1. The maximum absolute atomic E-state index is 15.8. The van der Waals surface area contributed by atoms with Gasteiger partial charge in [0.2, 0.25) is 21.9 Å². The summed E-state index contributed by atoms with van der Waals surface area (Å²) in [6.07, 6.45) is 5.42. The van der Waals surface area contributed by atoms with Crippen molar-refractivity contribution in [3.05, 3.63) is 96.1 Å². The molecule has 3 aromatic carbocycles. The van der Waals surface area contributed by atoms with Crippen molar-refractivity contribution in [1.29, 1.82) is 5.26 Å². The van der Waals surface area contributed by atoms with Crippen LogP contribution in [0.3, 0.4) is 0 Å². The predicted octanol–water partition coefficient (Wildman–Crippen LogP) is 7.71. The van der Waals surface area contributed by atoms with Gasteiger partial charge in [-0.3, -0.25) is 0 Å². The molecule has 1 aliphatic heterocycles. The van der Waals surface area contributed by atoms with E-state index < -0.39 is 21.4 Å². The van der Waals surface area contributed by atoms with Gasteiger partial charge in [0.1, 0.15) is 22.9 Å². The number of carbonyl (C=O) groups is 1. The number of hydrogen-bond acceptors (Lipinski definition) is 10. The van der Waals surface area contributed by atoms with E-state index in [-0.39, 0.29) is 40.3 Å². The molecule has 1 amide bonds. The Morgan fingerprint density at radius 2 is 1.85 bits per heavy atom. The average Bonchev–Trinajstić information content (AvgIpc) is 3.10. The van der Waals surface area contributed by atoms with Gasteiger partial charge in [-0.2, -0.15) is 5.26 Å². The number of nitriles is 1. The highest BCUT2D eigenvalue weighted by Crippen LogP contribution is 2.43. The molecule has 0 aliphatic carbocycles. The second kappa shape index (κ2) is 14.4. The van der Waals surface area contributed by atoms with Crippen LogP contribution in [-0.4, -0.2) is 65.4 Å². The smallest absolute Gasteiger partial charge is 0.410 e. The highest BCUT2D eigenvalue weighted by Gasteiger charge is 2.29. The standard InChI is InChI=1S/C38H38FN7O5S/c1-24-13-14-28-29(15-16-31(39)33(28)46(52(5,48)49)27-11-6-9-25(21-27)22-40)34(24)50-35-30(12-7-18-41-35)32-17-19-42-36(44-32)43-26-10-8-20-45(23-26)37(47)51-38(2,3)4/h6-7,9,11-19,21,26H,8,10,20,23H2,1-5H3,(H,42,43,44). The number of likely N-dealkylation sites (tertiary alicyclic amines) is 1. The molecule has 6 rings (SSSR count). The molecule has 14 heteroatoms. The summed E-state index contributed by atoms with van der Waals surface area (Å²) in [7, 11) is -4.08. The molecule has 1 fully saturated rings. The van der Waals surface area contributed by atoms with Crippen molar-refractivity contribution in [2.24, 2.45) is 0 Å². The Balaban J connectivity index is 1.33. The fourth-order valence-corrected chi connectivity index (χ4v) is 7.10. The number of fused-ring (bicyclic) bond motifs is 1. The van der Waals surface area contributed by atoms with E-state index in [1.807, 2.05) is 33.8 Å². The first-order chi connectivity index (χ1) is 24.7. The average molecular weight is 724 g/mol. The molecule has 1 N–H and O–H groups in total. The molecule has 268 valence electrons. The Labute approximate surface area is 301 Å². The molecule has 0 spiro atoms. The lowest BCUT2D eigenvalue weighted by molar-refractivity contribution is 0.0206. The number of piperidine rings is 1. The van der Waals surface area contributed by atoms with Crippen LogP contribution in [-0.2, 0) is 14.8 Å². The second-order valence-electron chi connectivity index (χ2n) is 13.5. The first-order valence-corrected chi connectivity index (χ1v) is 18.5. The van der Waals surface area contributed by atoms with Crippen LogP contribution in [0.15, 0.2) is 79.1 Å². The van der Waals surface area contributed by atoms with Gasteiger partial charge in [-0.25, -0.2) is 36.9 Å². The topological polar surface area (TPSA) is 151 Å². The van der Waals surface area contributed by atoms with E-state index in [1.165, 1.54) is 30.3 Å². The van der Waals surface area contributed by atoms with Gasteiger partial charge in [0, 0.05) is 42.3 Å². The van der Waals surface area contributed by atoms with Gasteiger partial charge in [-0.05, 0) is 94.6 Å². The minimum Gasteiger partial charge on any atom is -0.444 e. The Bertz CT molecular complexity index is 2310. The highest BCUT2D eigenvalue weighted by molar-refractivity contribution is 7.92. The van der Waals surface area contributed by atoms with Crippen LogP contribution >= 0.6 is 0 Å². The predicted molar refractivity (Wildman–Crippen MR) is 197 cm³/mol. The van der Waals surface area contributed by atoms with E-state index in [4.69, 9.17) is 14.5 Å². The van der Waals surface area contributed by atoms with Gasteiger partial charge in [-0.15, -0.1) is 0 Å². The number of sulfonamides is 1. The molecular weight excluding hydrogens is 686 g/mol. The molecule has 3 heterocycles. The number of halogens is 1. The zero-order valence-electron chi connectivity index (χ0n) is 29.4. The Morgan fingerprint density at radius 3 is 2.60 bits per heavy atom. The Hall–Kier alpha value is -5.81. The molecule has 52 heavy (non-hydrogen) atoms. The zero-order chi connectivity index (χ0) is 37.2. The van der Waals surface area contributed by atoms with Crippen molar-refractivity contribution in [2.45, 2.75) is 52.2 Å². The lowest BCUT2D eigenvalue weighted by Crippen LogP contribution is -2.47. The van der Waals surface area contributed by atoms with E-state index in [0.29, 0.717) is 47.0 Å². The molecule has 0 saturated carbocycles. The lowest BCUT2D eigenvalue weighted by atomic mass is 10.0. The van der Waals surface area contributed by atoms with Crippen molar-refractivity contribution in [1.82, 2.24) is 19.9 Å². The third-order valence-corrected chi connectivity index (χ3v) is 9.38. The summed E-state index contributed by atoms with van der Waals surface area (Å²) in [5.74, 6) is 0.145. The van der Waals surface area contributed by atoms with Crippen molar-refractivity contribution in [3.8, 4) is 29.0 Å². The number of amides is 1. The summed E-state index contributed by atoms with van der Waals surface area (Å²) < 4.78 is 55.2. The van der Waals surface area contributed by atoms with E-state index in [1.54, 1.807) is 53.7 Å². The van der Waals surface area contributed by atoms with Gasteiger partial charge in [-0.1, -0.05) is 18.2 Å². The fourth-order valence-electron chi connectivity index (χ4n) is 6.09. The molecule has 0 bridgehead atoms. The minimum atomic E-state index is -4.08. The van der Waals surface area contributed by atoms with Crippen molar-refractivity contribution in [2.75, 3.05) is 29.0 Å². The summed E-state index contributed by atoms with van der Waals surface area (Å²) in [6, 6.07) is 19.2. The molecule has 1 saturated heterocycles. The normalized spacial score (nSPS) is 14.8. The quantitative estimate of drug-likeness (QED) is 0.169. The van der Waals surface area contributed by atoms with Crippen LogP contribution in [0, 0.1) is 24.1 Å². The molecule has 0 radical (unpaired) electrons. The summed E-state index contributed by atoms with van der Waals surface area (Å²) in [6.45, 7) is 8.38. The highest BCUT2D eigenvalue weighted by atomic mass is 32.2. The van der Waals surface area contributed by atoms with Gasteiger partial charge in [0.05, 0.1) is 34.8 Å². The summed E-state index contributed by atoms with van der Waals surface area (Å²) in [5, 5.41) is 13.5. The van der Waals surface area contributed by atoms with Crippen LogP contribution in [0.4, 0.5) is 26.5 Å². The van der Waals surface area contributed by atoms with Crippen molar-refractivity contribution < 1.29 is 27.1 Å². The summed E-state index contributed by atoms with van der Waals surface area (Å²) >= 11 is 0. The van der Waals surface area contributed by atoms with Crippen molar-refractivity contribution >= 4 is 44.2 Å². The first kappa shape index (κ1) is 36.0. The van der Waals surface area contributed by atoms with Gasteiger partial charge >= 0.3 is 6.09 Å². The number of pyridine rings is 1. The van der Waals surface area contributed by atoms with Gasteiger partial charge < -0.3 is 19.7 Å². The summed E-state index contributed by atoms with van der Waals surface area (Å²) in [5.41, 5.74) is 1.29. The minimum absolute atomic E-state index is 0.0945. The Kier molecular flexibility index (Phi) is 9.99. The van der Waals surface area contributed by atoms with Gasteiger partial charge in [0.15, 0.2) is 0 Å². The third-order valence-electron chi connectivity index (χ3n) is 8.32. The number of nitrogens with zero attached hydrogens (tertiary/aromatic N) is 6. The molecular formula is C38H38FN7O5S. The monoisotopic (exact) mass is 723 g/mol. The molecule has 1 atom stereocenters. The largest absolute Gasteiger partial charge is 0.444 e. The van der Waals surface area contributed by atoms with Crippen LogP contribution in [0.5, 0.6) is 11.6 Å². The van der Waals surface area contributed by atoms with E-state index in [0.717, 1.165) is 23.4 Å². The number of ether oxygens (including phenoxy) is 2. The van der Waals surface area contributed by atoms with Crippen LogP contribution in [0.2, 0.25) is 0 Å². The maximum atomic E-state index is 15.8. The summed E-state index contributed by atoms with van der Waals surface area (Å²) in [4.78, 5) is 28.1. The van der Waals surface area contributed by atoms with Gasteiger partial charge in [0.25, 0.3) is 0 Å². The lowest BCUT2D eigenvalue weighted by Gasteiger charge is -2.34. The first-order valence-electron chi connectivity index (χ1n) is 16.6. The molecule has 2 aromatic heterocycles. The number of benzene rings is 3. The second-order valence-corrected chi connectivity index (χ2v) is 15.4. The van der Waals surface area contributed by atoms with Crippen LogP contribution < -0.4 is 14.4 Å². The number of anilines is 3. The molecule has 1 unspecified atom stereocenters. The number of aromatic nitrogens is 3. The SMILES string of the molecule is Cc1ccc2c(N(c3cccc(C#N)c3)S(C)(=O)=O)c(F)ccc2c1Oc1ncccc1-c1ccnc(NC2CCCN(C(=O)OC(C)(C)C)C2)n1. The third kappa shape index (κ3) is 7.89. The number of hydrogen-bond donors (Lipinski definition) is 1. The Morgan fingerprint density at radius 1 is 1.06 bits per heavy atom. The molecule has 12 nitrogen and oxygen atoms in total. The van der Waals surface area contributed by atoms with E-state index in [2.05, 4.69) is 15.3 Å².